The molecule has 6 nitrogen and oxygen atoms in total. The van der Waals surface area contributed by atoms with Crippen LogP contribution >= 0.6 is 0 Å². The quantitative estimate of drug-likeness (QED) is 0.897. The average molecular weight is 369 g/mol. The molecule has 1 amide bonds. The Balaban J connectivity index is 1.49. The smallest absolute Gasteiger partial charge is 0.251 e. The number of nitrogens with one attached hydrogen (secondary N) is 1. The SMILES string of the molecule is COc1cc2c(cc1CNC(=O)c1ccc3c(c1)CC(C)O3)OCCCO2. The van der Waals surface area contributed by atoms with Gasteiger partial charge in [-0.15, -0.1) is 0 Å². The molecule has 1 atom stereocenters. The van der Waals surface area contributed by atoms with Crippen molar-refractivity contribution in [3.05, 3.63) is 47.0 Å². The maximum Gasteiger partial charge on any atom is 0.251 e. The lowest BCUT2D eigenvalue weighted by molar-refractivity contribution is 0.0950. The first-order chi connectivity index (χ1) is 13.1. The monoisotopic (exact) mass is 369 g/mol. The van der Waals surface area contributed by atoms with Gasteiger partial charge in [0.1, 0.15) is 17.6 Å². The van der Waals surface area contributed by atoms with Gasteiger partial charge in [0.2, 0.25) is 0 Å². The van der Waals surface area contributed by atoms with Crippen molar-refractivity contribution in [2.24, 2.45) is 0 Å². The van der Waals surface area contributed by atoms with Crippen molar-refractivity contribution >= 4 is 5.91 Å². The zero-order valence-electron chi connectivity index (χ0n) is 15.5. The van der Waals surface area contributed by atoms with Gasteiger partial charge >= 0.3 is 0 Å². The predicted molar refractivity (Wildman–Crippen MR) is 100 cm³/mol. The zero-order chi connectivity index (χ0) is 18.8. The first-order valence-corrected chi connectivity index (χ1v) is 9.18. The van der Waals surface area contributed by atoms with Crippen LogP contribution in [-0.4, -0.2) is 32.3 Å². The van der Waals surface area contributed by atoms with Crippen LogP contribution in [0.4, 0.5) is 0 Å². The van der Waals surface area contributed by atoms with Crippen LogP contribution in [0, 0.1) is 0 Å². The lowest BCUT2D eigenvalue weighted by Crippen LogP contribution is -2.23. The largest absolute Gasteiger partial charge is 0.496 e. The van der Waals surface area contributed by atoms with E-state index < -0.39 is 0 Å². The highest BCUT2D eigenvalue weighted by Gasteiger charge is 2.21. The van der Waals surface area contributed by atoms with Crippen LogP contribution in [0.5, 0.6) is 23.0 Å². The number of carbonyl (C=O) groups excluding carboxylic acids is 1. The molecule has 0 spiro atoms. The molecule has 1 unspecified atom stereocenters. The summed E-state index contributed by atoms with van der Waals surface area (Å²) in [5.41, 5.74) is 2.54. The molecule has 2 heterocycles. The summed E-state index contributed by atoms with van der Waals surface area (Å²) >= 11 is 0. The maximum atomic E-state index is 12.6. The Kier molecular flexibility index (Phi) is 4.79. The molecule has 2 aliphatic rings. The zero-order valence-corrected chi connectivity index (χ0v) is 15.5. The molecule has 6 heteroatoms. The van der Waals surface area contributed by atoms with Gasteiger partial charge in [-0.05, 0) is 36.8 Å². The molecular weight excluding hydrogens is 346 g/mol. The molecule has 0 saturated heterocycles. The minimum absolute atomic E-state index is 0.133. The molecule has 1 N–H and O–H groups in total. The van der Waals surface area contributed by atoms with E-state index in [1.807, 2.05) is 31.2 Å². The van der Waals surface area contributed by atoms with E-state index in [9.17, 15) is 4.79 Å². The summed E-state index contributed by atoms with van der Waals surface area (Å²) in [5, 5.41) is 2.96. The Hall–Kier alpha value is -2.89. The van der Waals surface area contributed by atoms with Crippen molar-refractivity contribution in [1.29, 1.82) is 0 Å². The van der Waals surface area contributed by atoms with Crippen molar-refractivity contribution < 1.29 is 23.7 Å². The second kappa shape index (κ2) is 7.39. The molecule has 0 saturated carbocycles. The van der Waals surface area contributed by atoms with Crippen molar-refractivity contribution in [1.82, 2.24) is 5.32 Å². The molecule has 2 aliphatic heterocycles. The summed E-state index contributed by atoms with van der Waals surface area (Å²) in [6.45, 7) is 3.59. The van der Waals surface area contributed by atoms with Crippen LogP contribution in [0.15, 0.2) is 30.3 Å². The molecule has 0 aromatic heterocycles. The van der Waals surface area contributed by atoms with Gasteiger partial charge < -0.3 is 24.3 Å². The lowest BCUT2D eigenvalue weighted by Gasteiger charge is -2.14. The van der Waals surface area contributed by atoms with Crippen LogP contribution in [0.3, 0.4) is 0 Å². The highest BCUT2D eigenvalue weighted by Crippen LogP contribution is 2.36. The van der Waals surface area contributed by atoms with Gasteiger partial charge in [-0.3, -0.25) is 4.79 Å². The Bertz CT molecular complexity index is 864. The number of hydrogen-bond acceptors (Lipinski definition) is 5. The number of amides is 1. The van der Waals surface area contributed by atoms with Gasteiger partial charge in [0.25, 0.3) is 5.91 Å². The topological polar surface area (TPSA) is 66.0 Å². The van der Waals surface area contributed by atoms with E-state index in [0.717, 1.165) is 29.7 Å². The number of hydrogen-bond donors (Lipinski definition) is 1. The Morgan fingerprint density at radius 3 is 2.70 bits per heavy atom. The van der Waals surface area contributed by atoms with Crippen molar-refractivity contribution in [2.45, 2.75) is 32.4 Å². The summed E-state index contributed by atoms with van der Waals surface area (Å²) in [6, 6.07) is 9.24. The Morgan fingerprint density at radius 1 is 1.15 bits per heavy atom. The van der Waals surface area contributed by atoms with Gasteiger partial charge in [-0.1, -0.05) is 0 Å². The third-order valence-electron chi connectivity index (χ3n) is 4.75. The molecule has 0 aliphatic carbocycles. The van der Waals surface area contributed by atoms with E-state index in [1.165, 1.54) is 0 Å². The number of methoxy groups -OCH3 is 1. The minimum atomic E-state index is -0.133. The summed E-state index contributed by atoms with van der Waals surface area (Å²) in [5.74, 6) is 2.75. The first kappa shape index (κ1) is 17.5. The van der Waals surface area contributed by atoms with E-state index in [2.05, 4.69) is 5.32 Å². The number of ether oxygens (including phenoxy) is 4. The highest BCUT2D eigenvalue weighted by molar-refractivity contribution is 5.94. The number of rotatable bonds is 4. The highest BCUT2D eigenvalue weighted by atomic mass is 16.5. The predicted octanol–water partition coefficient (Wildman–Crippen LogP) is 3.11. The number of carbonyl (C=O) groups is 1. The van der Waals surface area contributed by atoms with Gasteiger partial charge in [-0.25, -0.2) is 0 Å². The van der Waals surface area contributed by atoms with Crippen LogP contribution < -0.4 is 24.3 Å². The molecule has 0 bridgehead atoms. The molecule has 27 heavy (non-hydrogen) atoms. The number of benzene rings is 2. The molecule has 4 rings (SSSR count). The van der Waals surface area contributed by atoms with Gasteiger partial charge in [0.05, 0.1) is 20.3 Å². The summed E-state index contributed by atoms with van der Waals surface area (Å²) < 4.78 is 22.6. The van der Waals surface area contributed by atoms with Gasteiger partial charge in [0, 0.05) is 36.6 Å². The van der Waals surface area contributed by atoms with Crippen LogP contribution in [0.1, 0.15) is 34.8 Å². The molecule has 2 aromatic carbocycles. The molecule has 142 valence electrons. The summed E-state index contributed by atoms with van der Waals surface area (Å²) in [7, 11) is 1.60. The van der Waals surface area contributed by atoms with E-state index in [0.29, 0.717) is 42.6 Å². The van der Waals surface area contributed by atoms with Crippen LogP contribution in [0.25, 0.3) is 0 Å². The van der Waals surface area contributed by atoms with Crippen LogP contribution in [0.2, 0.25) is 0 Å². The average Bonchev–Trinajstić information content (AvgIpc) is 2.89. The van der Waals surface area contributed by atoms with Crippen molar-refractivity contribution in [3.8, 4) is 23.0 Å². The molecule has 0 radical (unpaired) electrons. The molecule has 0 fully saturated rings. The van der Waals surface area contributed by atoms with Crippen LogP contribution in [-0.2, 0) is 13.0 Å². The second-order valence-electron chi connectivity index (χ2n) is 6.80. The second-order valence-corrected chi connectivity index (χ2v) is 6.80. The third-order valence-corrected chi connectivity index (χ3v) is 4.75. The van der Waals surface area contributed by atoms with E-state index in [4.69, 9.17) is 18.9 Å². The fourth-order valence-electron chi connectivity index (χ4n) is 3.40. The molecular formula is C21H23NO5. The van der Waals surface area contributed by atoms with E-state index in [-0.39, 0.29) is 12.0 Å². The van der Waals surface area contributed by atoms with Crippen molar-refractivity contribution in [3.63, 3.8) is 0 Å². The fourth-order valence-corrected chi connectivity index (χ4v) is 3.40. The van der Waals surface area contributed by atoms with E-state index in [1.54, 1.807) is 13.2 Å². The molecule has 2 aromatic rings. The number of fused-ring (bicyclic) bond motifs is 2. The summed E-state index contributed by atoms with van der Waals surface area (Å²) in [4.78, 5) is 12.6. The van der Waals surface area contributed by atoms with Gasteiger partial charge in [-0.2, -0.15) is 0 Å². The minimum Gasteiger partial charge on any atom is -0.496 e. The van der Waals surface area contributed by atoms with E-state index >= 15 is 0 Å². The van der Waals surface area contributed by atoms with Gasteiger partial charge in [0.15, 0.2) is 11.5 Å². The van der Waals surface area contributed by atoms with Crippen molar-refractivity contribution in [2.75, 3.05) is 20.3 Å². The third kappa shape index (κ3) is 3.65. The normalized spacial score (nSPS) is 17.5. The fraction of sp³-hybridized carbons (Fsp3) is 0.381. The lowest BCUT2D eigenvalue weighted by atomic mass is 10.1. The Labute approximate surface area is 158 Å². The Morgan fingerprint density at radius 2 is 1.93 bits per heavy atom. The first-order valence-electron chi connectivity index (χ1n) is 9.18. The maximum absolute atomic E-state index is 12.6. The standard InChI is InChI=1S/C21H23NO5/c1-13-8-15-9-14(4-5-17(15)27-13)21(23)22-12-16-10-19-20(11-18(16)24-2)26-7-3-6-25-19/h4-5,9-11,13H,3,6-8,12H2,1-2H3,(H,22,23). The summed E-state index contributed by atoms with van der Waals surface area (Å²) in [6.07, 6.45) is 1.82.